The van der Waals surface area contributed by atoms with E-state index in [2.05, 4.69) is 15.2 Å². The van der Waals surface area contributed by atoms with Crippen molar-refractivity contribution in [3.63, 3.8) is 0 Å². The summed E-state index contributed by atoms with van der Waals surface area (Å²) >= 11 is 0. The molecule has 4 aromatic rings. The van der Waals surface area contributed by atoms with Crippen LogP contribution in [0.15, 0.2) is 55.2 Å². The van der Waals surface area contributed by atoms with Crippen LogP contribution in [0.1, 0.15) is 18.5 Å². The van der Waals surface area contributed by atoms with Crippen LogP contribution < -0.4 is 0 Å². The van der Waals surface area contributed by atoms with Crippen molar-refractivity contribution >= 4 is 16.6 Å². The van der Waals surface area contributed by atoms with Crippen LogP contribution in [0.2, 0.25) is 0 Å². The predicted molar refractivity (Wildman–Crippen MR) is 101 cm³/mol. The summed E-state index contributed by atoms with van der Waals surface area (Å²) in [5.74, 6) is -1.72. The fourth-order valence-electron chi connectivity index (χ4n) is 3.47. The Labute approximate surface area is 168 Å². The quantitative estimate of drug-likeness (QED) is 0.384. The highest BCUT2D eigenvalue weighted by Crippen LogP contribution is 2.37. The third kappa shape index (κ3) is 3.28. The third-order valence-electron chi connectivity index (χ3n) is 5.10. The fraction of sp³-hybridized carbons (Fsp3) is 0.211. The molecule has 0 saturated carbocycles. The molecule has 0 aliphatic heterocycles. The van der Waals surface area contributed by atoms with E-state index in [1.807, 2.05) is 0 Å². The maximum atomic E-state index is 14.7. The second-order valence-electron chi connectivity index (χ2n) is 6.89. The van der Waals surface area contributed by atoms with Gasteiger partial charge >= 0.3 is 0 Å². The molecule has 0 radical (unpaired) electrons. The molecule has 2 heterocycles. The molecular formula is C19H16F2N6O3. The van der Waals surface area contributed by atoms with E-state index in [9.17, 15) is 24.0 Å². The molecule has 0 aliphatic rings. The van der Waals surface area contributed by atoms with Gasteiger partial charge in [0.2, 0.25) is 0 Å². The number of aliphatic hydroxyl groups is 1. The number of non-ortho nitro benzene ring substituents is 1. The van der Waals surface area contributed by atoms with E-state index in [0.29, 0.717) is 11.6 Å². The average molecular weight is 414 g/mol. The van der Waals surface area contributed by atoms with E-state index in [1.165, 1.54) is 40.3 Å². The Morgan fingerprint density at radius 1 is 1.30 bits per heavy atom. The highest BCUT2D eigenvalue weighted by molar-refractivity contribution is 5.87. The van der Waals surface area contributed by atoms with Crippen LogP contribution in [0, 0.1) is 21.7 Å². The van der Waals surface area contributed by atoms with Gasteiger partial charge in [0.1, 0.15) is 29.9 Å². The third-order valence-corrected chi connectivity index (χ3v) is 5.10. The Morgan fingerprint density at radius 2 is 2.10 bits per heavy atom. The molecule has 0 spiro atoms. The molecule has 4 rings (SSSR count). The zero-order chi connectivity index (χ0) is 21.5. The van der Waals surface area contributed by atoms with Crippen LogP contribution >= 0.6 is 0 Å². The molecular weight excluding hydrogens is 398 g/mol. The molecule has 9 nitrogen and oxygen atoms in total. The Balaban J connectivity index is 1.85. The average Bonchev–Trinajstić information content (AvgIpc) is 3.35. The summed E-state index contributed by atoms with van der Waals surface area (Å²) in [6.07, 6.45) is 4.03. The SMILES string of the molecule is C[C@@H](n1cc2c([N+](=O)[O-])cccc2n1)[C@](O)(Cn1cncn1)c1ccc(F)cc1F. The summed E-state index contributed by atoms with van der Waals surface area (Å²) < 4.78 is 30.8. The Morgan fingerprint density at radius 3 is 2.77 bits per heavy atom. The molecule has 2 aromatic heterocycles. The Kier molecular flexibility index (Phi) is 4.74. The molecule has 2 atom stereocenters. The first-order chi connectivity index (χ1) is 14.3. The number of rotatable bonds is 6. The van der Waals surface area contributed by atoms with E-state index in [4.69, 9.17) is 0 Å². The lowest BCUT2D eigenvalue weighted by molar-refractivity contribution is -0.383. The first kappa shape index (κ1) is 19.6. The van der Waals surface area contributed by atoms with E-state index in [1.54, 1.807) is 13.0 Å². The lowest BCUT2D eigenvalue weighted by atomic mass is 9.86. The molecule has 0 unspecified atom stereocenters. The van der Waals surface area contributed by atoms with Crippen LogP contribution in [-0.4, -0.2) is 34.6 Å². The van der Waals surface area contributed by atoms with E-state index in [-0.39, 0.29) is 23.2 Å². The molecule has 0 amide bonds. The van der Waals surface area contributed by atoms with Crippen molar-refractivity contribution < 1.29 is 18.8 Å². The lowest BCUT2D eigenvalue weighted by Gasteiger charge is -2.34. The second-order valence-corrected chi connectivity index (χ2v) is 6.89. The summed E-state index contributed by atoms with van der Waals surface area (Å²) in [5, 5.41) is 31.5. The van der Waals surface area contributed by atoms with Gasteiger partial charge in [-0.2, -0.15) is 10.2 Å². The van der Waals surface area contributed by atoms with Crippen molar-refractivity contribution in [2.45, 2.75) is 25.1 Å². The molecule has 1 N–H and O–H groups in total. The summed E-state index contributed by atoms with van der Waals surface area (Å²) in [7, 11) is 0. The summed E-state index contributed by atoms with van der Waals surface area (Å²) in [6.45, 7) is 1.37. The van der Waals surface area contributed by atoms with Gasteiger partial charge in [0.25, 0.3) is 5.69 Å². The van der Waals surface area contributed by atoms with Gasteiger partial charge in [-0.05, 0) is 19.1 Å². The van der Waals surface area contributed by atoms with Crippen molar-refractivity contribution in [3.8, 4) is 0 Å². The molecule has 11 heteroatoms. The molecule has 0 aliphatic carbocycles. The number of halogens is 2. The molecule has 2 aromatic carbocycles. The van der Waals surface area contributed by atoms with Gasteiger partial charge in [0, 0.05) is 23.9 Å². The topological polar surface area (TPSA) is 112 Å². The van der Waals surface area contributed by atoms with E-state index in [0.717, 1.165) is 12.1 Å². The van der Waals surface area contributed by atoms with Crippen LogP contribution in [0.4, 0.5) is 14.5 Å². The number of hydrogen-bond acceptors (Lipinski definition) is 6. The van der Waals surface area contributed by atoms with E-state index >= 15 is 0 Å². The molecule has 154 valence electrons. The highest BCUT2D eigenvalue weighted by atomic mass is 19.1. The molecule has 0 fully saturated rings. The fourth-order valence-corrected chi connectivity index (χ4v) is 3.47. The van der Waals surface area contributed by atoms with Gasteiger partial charge in [-0.1, -0.05) is 12.1 Å². The summed E-state index contributed by atoms with van der Waals surface area (Å²) in [5.41, 5.74) is -1.89. The molecule has 0 saturated heterocycles. The van der Waals surface area contributed by atoms with Crippen molar-refractivity contribution in [1.29, 1.82) is 0 Å². The van der Waals surface area contributed by atoms with Gasteiger partial charge in [-0.15, -0.1) is 0 Å². The van der Waals surface area contributed by atoms with Crippen LogP contribution in [0.3, 0.4) is 0 Å². The van der Waals surface area contributed by atoms with Gasteiger partial charge < -0.3 is 5.11 Å². The number of nitro benzene ring substituents is 1. The molecule has 0 bridgehead atoms. The van der Waals surface area contributed by atoms with Crippen molar-refractivity contribution in [2.75, 3.05) is 0 Å². The maximum Gasteiger partial charge on any atom is 0.280 e. The first-order valence-electron chi connectivity index (χ1n) is 8.92. The van der Waals surface area contributed by atoms with Gasteiger partial charge in [-0.25, -0.2) is 18.4 Å². The second kappa shape index (κ2) is 7.26. The smallest absolute Gasteiger partial charge is 0.280 e. The molecule has 30 heavy (non-hydrogen) atoms. The number of nitro groups is 1. The van der Waals surface area contributed by atoms with Crippen molar-refractivity contribution in [2.24, 2.45) is 0 Å². The largest absolute Gasteiger partial charge is 0.381 e. The summed E-state index contributed by atoms with van der Waals surface area (Å²) in [4.78, 5) is 14.6. The monoisotopic (exact) mass is 414 g/mol. The minimum absolute atomic E-state index is 0.140. The number of aromatic nitrogens is 5. The van der Waals surface area contributed by atoms with Crippen molar-refractivity contribution in [1.82, 2.24) is 24.5 Å². The number of benzene rings is 2. The minimum Gasteiger partial charge on any atom is -0.381 e. The lowest BCUT2D eigenvalue weighted by Crippen LogP contribution is -2.40. The van der Waals surface area contributed by atoms with Crippen molar-refractivity contribution in [3.05, 3.63) is 82.6 Å². The number of fused-ring (bicyclic) bond motifs is 1. The van der Waals surface area contributed by atoms with Crippen LogP contribution in [-0.2, 0) is 12.1 Å². The van der Waals surface area contributed by atoms with Gasteiger partial charge in [0.15, 0.2) is 0 Å². The first-order valence-corrected chi connectivity index (χ1v) is 8.92. The predicted octanol–water partition coefficient (Wildman–Crippen LogP) is 2.96. The number of nitrogens with zero attached hydrogens (tertiary/aromatic N) is 6. The van der Waals surface area contributed by atoms with Gasteiger partial charge in [0.05, 0.1) is 28.4 Å². The van der Waals surface area contributed by atoms with E-state index < -0.39 is 28.2 Å². The summed E-state index contributed by atoms with van der Waals surface area (Å²) in [6, 6.07) is 6.42. The minimum atomic E-state index is -1.93. The Bertz CT molecular complexity index is 1230. The zero-order valence-corrected chi connectivity index (χ0v) is 15.7. The normalized spacial score (nSPS) is 14.5. The maximum absolute atomic E-state index is 14.7. The zero-order valence-electron chi connectivity index (χ0n) is 15.7. The number of hydrogen-bond donors (Lipinski definition) is 1. The standard InChI is InChI=1S/C19H16F2N6O3/c1-12(26-8-14-17(24-26)3-2-4-18(14)27(29)30)19(28,9-25-11-22-10-23-25)15-6-5-13(20)7-16(15)21/h2-8,10-12,28H,9H2,1H3/t12-,19-/m1/s1. The Hall–Kier alpha value is -3.73. The van der Waals surface area contributed by atoms with Gasteiger partial charge in [-0.3, -0.25) is 14.8 Å². The highest BCUT2D eigenvalue weighted by Gasteiger charge is 2.41. The van der Waals surface area contributed by atoms with Crippen LogP contribution in [0.25, 0.3) is 10.9 Å². The van der Waals surface area contributed by atoms with Crippen LogP contribution in [0.5, 0.6) is 0 Å².